The molecule has 0 unspecified atom stereocenters. The molecule has 3 heteroatoms. The molecule has 19 heavy (non-hydrogen) atoms. The highest BCUT2D eigenvalue weighted by molar-refractivity contribution is 5.63. The first-order valence-electron chi connectivity index (χ1n) is 6.72. The normalized spacial score (nSPS) is 11.8. The van der Waals surface area contributed by atoms with E-state index < -0.39 is 0 Å². The zero-order chi connectivity index (χ0) is 14.0. The van der Waals surface area contributed by atoms with E-state index in [4.69, 9.17) is 5.10 Å². The fourth-order valence-electron chi connectivity index (χ4n) is 2.03. The summed E-state index contributed by atoms with van der Waals surface area (Å²) in [6.07, 6.45) is 2.14. The number of hydrogen-bond donors (Lipinski definition) is 1. The van der Waals surface area contributed by atoms with Gasteiger partial charge in [-0.3, -0.25) is 4.68 Å². The highest BCUT2D eigenvalue weighted by Crippen LogP contribution is 2.25. The number of rotatable bonds is 3. The van der Waals surface area contributed by atoms with E-state index >= 15 is 0 Å². The van der Waals surface area contributed by atoms with Crippen LogP contribution in [0.5, 0.6) is 0 Å². The topological polar surface area (TPSA) is 29.9 Å². The van der Waals surface area contributed by atoms with E-state index in [1.54, 1.807) is 0 Å². The van der Waals surface area contributed by atoms with Gasteiger partial charge < -0.3 is 5.32 Å². The summed E-state index contributed by atoms with van der Waals surface area (Å²) < 4.78 is 2.05. The lowest BCUT2D eigenvalue weighted by Gasteiger charge is -2.18. The summed E-state index contributed by atoms with van der Waals surface area (Å²) in [5.74, 6) is 0. The van der Waals surface area contributed by atoms with Gasteiger partial charge in [0.15, 0.2) is 0 Å². The number of nitrogens with zero attached hydrogens (tertiary/aromatic N) is 2. The van der Waals surface area contributed by atoms with Crippen LogP contribution in [-0.2, 0) is 12.1 Å². The summed E-state index contributed by atoms with van der Waals surface area (Å²) in [4.78, 5) is 0. The van der Waals surface area contributed by atoms with E-state index in [0.717, 1.165) is 12.2 Å². The molecular formula is C16H23N3. The molecule has 0 fully saturated rings. The lowest BCUT2D eigenvalue weighted by atomic mass is 10.1. The molecule has 2 rings (SSSR count). The molecule has 3 nitrogen and oxygen atoms in total. The first-order valence-corrected chi connectivity index (χ1v) is 6.72. The molecule has 0 atom stereocenters. The Hall–Kier alpha value is -1.61. The van der Waals surface area contributed by atoms with E-state index in [-0.39, 0.29) is 5.54 Å². The minimum absolute atomic E-state index is 0.00540. The highest BCUT2D eigenvalue weighted by atomic mass is 15.3. The van der Waals surface area contributed by atoms with Crippen molar-refractivity contribution in [3.05, 3.63) is 41.6 Å². The van der Waals surface area contributed by atoms with Gasteiger partial charge in [0, 0.05) is 23.9 Å². The van der Waals surface area contributed by atoms with Crippen LogP contribution in [0.1, 0.15) is 31.9 Å². The van der Waals surface area contributed by atoms with Gasteiger partial charge in [0.1, 0.15) is 0 Å². The molecule has 1 aromatic carbocycles. The molecule has 0 aliphatic heterocycles. The van der Waals surface area contributed by atoms with Gasteiger partial charge in [-0.2, -0.15) is 5.10 Å². The summed E-state index contributed by atoms with van der Waals surface area (Å²) in [5, 5.41) is 7.99. The van der Waals surface area contributed by atoms with Crippen molar-refractivity contribution < 1.29 is 0 Å². The lowest BCUT2D eigenvalue weighted by Crippen LogP contribution is -2.22. The Kier molecular flexibility index (Phi) is 3.76. The summed E-state index contributed by atoms with van der Waals surface area (Å²) >= 11 is 0. The molecule has 102 valence electrons. The molecular weight excluding hydrogens is 234 g/mol. The second-order valence-corrected chi connectivity index (χ2v) is 6.01. The maximum Gasteiger partial charge on any atom is 0.0968 e. The van der Waals surface area contributed by atoms with Crippen molar-refractivity contribution >= 4 is 0 Å². The third kappa shape index (κ3) is 3.04. The Labute approximate surface area is 115 Å². The number of hydrogen-bond acceptors (Lipinski definition) is 2. The van der Waals surface area contributed by atoms with Crippen LogP contribution >= 0.6 is 0 Å². The van der Waals surface area contributed by atoms with Gasteiger partial charge in [0.05, 0.1) is 11.2 Å². The fourth-order valence-corrected chi connectivity index (χ4v) is 2.03. The van der Waals surface area contributed by atoms with E-state index in [2.05, 4.69) is 68.2 Å². The third-order valence-corrected chi connectivity index (χ3v) is 3.17. The molecule has 0 amide bonds. The van der Waals surface area contributed by atoms with E-state index in [1.165, 1.54) is 16.7 Å². The van der Waals surface area contributed by atoms with Gasteiger partial charge in [0.25, 0.3) is 0 Å². The zero-order valence-corrected chi connectivity index (χ0v) is 12.5. The molecule has 1 heterocycles. The van der Waals surface area contributed by atoms with Crippen LogP contribution < -0.4 is 5.32 Å². The molecule has 0 spiro atoms. The Balaban J connectivity index is 2.48. The molecule has 1 N–H and O–H groups in total. The molecule has 0 saturated carbocycles. The van der Waals surface area contributed by atoms with Crippen molar-refractivity contribution in [3.8, 4) is 11.3 Å². The Morgan fingerprint density at radius 2 is 1.79 bits per heavy atom. The van der Waals surface area contributed by atoms with Crippen molar-refractivity contribution in [2.45, 2.75) is 39.8 Å². The Morgan fingerprint density at radius 1 is 1.16 bits per heavy atom. The summed E-state index contributed by atoms with van der Waals surface area (Å²) in [6, 6.07) is 8.55. The third-order valence-electron chi connectivity index (χ3n) is 3.17. The van der Waals surface area contributed by atoms with Gasteiger partial charge in [0.2, 0.25) is 0 Å². The van der Waals surface area contributed by atoms with Crippen molar-refractivity contribution in [2.24, 2.45) is 0 Å². The average molecular weight is 257 g/mol. The van der Waals surface area contributed by atoms with Crippen LogP contribution in [0.3, 0.4) is 0 Å². The van der Waals surface area contributed by atoms with Crippen LogP contribution in [0.15, 0.2) is 30.5 Å². The van der Waals surface area contributed by atoms with Crippen LogP contribution in [0, 0.1) is 6.92 Å². The number of aryl methyl sites for hydroxylation is 1. The maximum atomic E-state index is 4.78. The first-order chi connectivity index (χ1) is 8.91. The average Bonchev–Trinajstić information content (AvgIpc) is 2.74. The van der Waals surface area contributed by atoms with Crippen molar-refractivity contribution in [2.75, 3.05) is 7.05 Å². The minimum Gasteiger partial charge on any atom is -0.316 e. The lowest BCUT2D eigenvalue weighted by molar-refractivity contribution is 0.356. The number of benzene rings is 1. The molecule has 0 bridgehead atoms. The van der Waals surface area contributed by atoms with E-state index in [9.17, 15) is 0 Å². The number of nitrogens with one attached hydrogen (secondary N) is 1. The zero-order valence-electron chi connectivity index (χ0n) is 12.5. The standard InChI is InChI=1S/C16H23N3/c1-12-6-8-13(9-7-12)15-14(10-17-5)11-19(18-15)16(2,3)4/h6-9,11,17H,10H2,1-5H3. The predicted octanol–water partition coefficient (Wildman–Crippen LogP) is 3.33. The van der Waals surface area contributed by atoms with Gasteiger partial charge in [-0.15, -0.1) is 0 Å². The molecule has 0 radical (unpaired) electrons. The highest BCUT2D eigenvalue weighted by Gasteiger charge is 2.18. The predicted molar refractivity (Wildman–Crippen MR) is 80.2 cm³/mol. The molecule has 2 aromatic rings. The first kappa shape index (κ1) is 13.8. The summed E-state index contributed by atoms with van der Waals surface area (Å²) in [6.45, 7) is 9.44. The van der Waals surface area contributed by atoms with Gasteiger partial charge in [-0.1, -0.05) is 29.8 Å². The van der Waals surface area contributed by atoms with Crippen molar-refractivity contribution in [1.82, 2.24) is 15.1 Å². The molecule has 0 aliphatic rings. The quantitative estimate of drug-likeness (QED) is 0.914. The fraction of sp³-hybridized carbons (Fsp3) is 0.438. The number of aromatic nitrogens is 2. The van der Waals surface area contributed by atoms with Crippen LogP contribution in [0.25, 0.3) is 11.3 Å². The Bertz CT molecular complexity index is 544. The van der Waals surface area contributed by atoms with Gasteiger partial charge >= 0.3 is 0 Å². The van der Waals surface area contributed by atoms with Crippen LogP contribution in [0.4, 0.5) is 0 Å². The monoisotopic (exact) mass is 257 g/mol. The maximum absolute atomic E-state index is 4.78. The molecule has 1 aromatic heterocycles. The second-order valence-electron chi connectivity index (χ2n) is 6.01. The largest absolute Gasteiger partial charge is 0.316 e. The molecule has 0 saturated heterocycles. The van der Waals surface area contributed by atoms with Crippen LogP contribution in [-0.4, -0.2) is 16.8 Å². The SMILES string of the molecule is CNCc1cn(C(C)(C)C)nc1-c1ccc(C)cc1. The minimum atomic E-state index is 0.00540. The molecule has 0 aliphatic carbocycles. The van der Waals surface area contributed by atoms with Crippen molar-refractivity contribution in [1.29, 1.82) is 0 Å². The van der Waals surface area contributed by atoms with E-state index in [0.29, 0.717) is 0 Å². The van der Waals surface area contributed by atoms with E-state index in [1.807, 2.05) is 7.05 Å². The van der Waals surface area contributed by atoms with Gasteiger partial charge in [-0.25, -0.2) is 0 Å². The second kappa shape index (κ2) is 5.17. The Morgan fingerprint density at radius 3 is 2.32 bits per heavy atom. The van der Waals surface area contributed by atoms with Crippen molar-refractivity contribution in [3.63, 3.8) is 0 Å². The van der Waals surface area contributed by atoms with Gasteiger partial charge in [-0.05, 0) is 34.7 Å². The summed E-state index contributed by atoms with van der Waals surface area (Å²) in [5.41, 5.74) is 4.77. The summed E-state index contributed by atoms with van der Waals surface area (Å²) in [7, 11) is 1.97. The smallest absolute Gasteiger partial charge is 0.0968 e. The van der Waals surface area contributed by atoms with Crippen LogP contribution in [0.2, 0.25) is 0 Å².